The van der Waals surface area contributed by atoms with Gasteiger partial charge >= 0.3 is 0 Å². The molecule has 1 N–H and O–H groups in total. The van der Waals surface area contributed by atoms with E-state index < -0.39 is 0 Å². The molecule has 1 heteroatoms. The number of rotatable bonds is 2. The Bertz CT molecular complexity index is 517. The van der Waals surface area contributed by atoms with E-state index in [4.69, 9.17) is 0 Å². The number of fused-ring (bicyclic) bond motifs is 4. The minimum atomic E-state index is 0.655. The van der Waals surface area contributed by atoms with Gasteiger partial charge in [-0.3, -0.25) is 0 Å². The van der Waals surface area contributed by atoms with Crippen molar-refractivity contribution in [2.75, 3.05) is 0 Å². The number of para-hydroxylation sites is 1. The van der Waals surface area contributed by atoms with Crippen LogP contribution in [-0.4, -0.2) is 5.11 Å². The van der Waals surface area contributed by atoms with Gasteiger partial charge in [0.2, 0.25) is 0 Å². The molecule has 1 aromatic rings. The Hall–Kier alpha value is -0.980. The maximum absolute atomic E-state index is 11.0. The van der Waals surface area contributed by atoms with Crippen LogP contribution in [0.25, 0.3) is 0 Å². The lowest BCUT2D eigenvalue weighted by molar-refractivity contribution is 0.377. The average molecular weight is 282 g/mol. The minimum Gasteiger partial charge on any atom is -0.507 e. The molecule has 4 aliphatic carbocycles. The molecule has 0 heterocycles. The van der Waals surface area contributed by atoms with Crippen LogP contribution in [0.1, 0.15) is 74.3 Å². The second-order valence-electron chi connectivity index (χ2n) is 8.35. The van der Waals surface area contributed by atoms with E-state index in [-0.39, 0.29) is 0 Å². The predicted octanol–water partition coefficient (Wildman–Crippen LogP) is 5.20. The van der Waals surface area contributed by atoms with Gasteiger partial charge in [0.05, 0.1) is 0 Å². The van der Waals surface area contributed by atoms with Gasteiger partial charge < -0.3 is 5.11 Å². The highest BCUT2D eigenvalue weighted by atomic mass is 16.3. The molecule has 4 bridgehead atoms. The molecule has 0 spiro atoms. The normalized spacial score (nSPS) is 43.8. The van der Waals surface area contributed by atoms with E-state index in [2.05, 4.69) is 18.2 Å². The van der Waals surface area contributed by atoms with Crippen molar-refractivity contribution in [3.63, 3.8) is 0 Å². The predicted molar refractivity (Wildman–Crippen MR) is 84.5 cm³/mol. The van der Waals surface area contributed by atoms with Gasteiger partial charge in [-0.25, -0.2) is 0 Å². The fourth-order valence-electron chi connectivity index (χ4n) is 6.43. The van der Waals surface area contributed by atoms with Gasteiger partial charge in [0.25, 0.3) is 0 Å². The fourth-order valence-corrected chi connectivity index (χ4v) is 6.43. The highest BCUT2D eigenvalue weighted by Crippen LogP contribution is 2.58. The molecule has 0 aliphatic heterocycles. The molecule has 0 aromatic heterocycles. The van der Waals surface area contributed by atoms with Gasteiger partial charge in [-0.05, 0) is 85.2 Å². The average Bonchev–Trinajstić information content (AvgIpc) is 3.27. The van der Waals surface area contributed by atoms with Crippen molar-refractivity contribution in [1.82, 2.24) is 0 Å². The summed E-state index contributed by atoms with van der Waals surface area (Å²) >= 11 is 0. The largest absolute Gasteiger partial charge is 0.507 e. The second-order valence-corrected chi connectivity index (χ2v) is 8.35. The SMILES string of the molecule is Oc1c([C@@H]2C[C@H]3CC[C@@H]2C3)cccc1[C@@H]1C[C@@H]2CC[C@H]1C2. The van der Waals surface area contributed by atoms with Crippen molar-refractivity contribution in [1.29, 1.82) is 0 Å². The summed E-state index contributed by atoms with van der Waals surface area (Å²) in [5.41, 5.74) is 2.59. The third kappa shape index (κ3) is 1.82. The van der Waals surface area contributed by atoms with Crippen molar-refractivity contribution in [3.05, 3.63) is 29.3 Å². The molecule has 0 unspecified atom stereocenters. The molecule has 21 heavy (non-hydrogen) atoms. The monoisotopic (exact) mass is 282 g/mol. The van der Waals surface area contributed by atoms with E-state index in [9.17, 15) is 5.11 Å². The lowest BCUT2D eigenvalue weighted by atomic mass is 9.78. The smallest absolute Gasteiger partial charge is 0.122 e. The van der Waals surface area contributed by atoms with E-state index >= 15 is 0 Å². The summed E-state index contributed by atoms with van der Waals surface area (Å²) in [6.45, 7) is 0. The zero-order valence-corrected chi connectivity index (χ0v) is 12.8. The molecule has 4 fully saturated rings. The summed E-state index contributed by atoms with van der Waals surface area (Å²) < 4.78 is 0. The molecule has 6 atom stereocenters. The molecule has 4 aliphatic rings. The zero-order valence-electron chi connectivity index (χ0n) is 12.8. The number of hydrogen-bond acceptors (Lipinski definition) is 1. The van der Waals surface area contributed by atoms with Crippen molar-refractivity contribution >= 4 is 0 Å². The number of phenols is 1. The minimum absolute atomic E-state index is 0.655. The van der Waals surface area contributed by atoms with Gasteiger partial charge in [-0.2, -0.15) is 0 Å². The molecular formula is C20H26O. The third-order valence-corrected chi connectivity index (χ3v) is 7.37. The standard InChI is InChI=1S/C20H26O/c21-20-16(18-10-12-4-6-14(18)8-12)2-1-3-17(20)19-11-13-5-7-15(19)9-13/h1-3,12-15,18-19,21H,4-11H2/t12-,13+,14+,15-,18-,19-/m1/s1. The Morgan fingerprint density at radius 1 is 0.714 bits per heavy atom. The van der Waals surface area contributed by atoms with Crippen molar-refractivity contribution in [2.24, 2.45) is 23.7 Å². The van der Waals surface area contributed by atoms with Gasteiger partial charge in [0.1, 0.15) is 5.75 Å². The summed E-state index contributed by atoms with van der Waals surface area (Å²) in [6, 6.07) is 6.66. The zero-order chi connectivity index (χ0) is 14.0. The molecule has 112 valence electrons. The first-order valence-electron chi connectivity index (χ1n) is 9.11. The Morgan fingerprint density at radius 3 is 1.62 bits per heavy atom. The van der Waals surface area contributed by atoms with E-state index in [1.165, 1.54) is 62.5 Å². The van der Waals surface area contributed by atoms with Crippen LogP contribution in [0.2, 0.25) is 0 Å². The van der Waals surface area contributed by atoms with Crippen molar-refractivity contribution < 1.29 is 5.11 Å². The molecule has 5 rings (SSSR count). The molecule has 4 saturated carbocycles. The molecule has 0 radical (unpaired) electrons. The molecule has 1 nitrogen and oxygen atoms in total. The third-order valence-electron chi connectivity index (χ3n) is 7.37. The van der Waals surface area contributed by atoms with E-state index in [0.717, 1.165) is 23.7 Å². The Morgan fingerprint density at radius 2 is 1.24 bits per heavy atom. The van der Waals surface area contributed by atoms with Crippen LogP contribution in [0.4, 0.5) is 0 Å². The lowest BCUT2D eigenvalue weighted by Gasteiger charge is -2.27. The van der Waals surface area contributed by atoms with Gasteiger partial charge in [-0.1, -0.05) is 31.0 Å². The first kappa shape index (κ1) is 12.6. The summed E-state index contributed by atoms with van der Waals surface area (Å²) in [6.07, 6.45) is 11.2. The van der Waals surface area contributed by atoms with Crippen LogP contribution in [0.15, 0.2) is 18.2 Å². The molecule has 0 amide bonds. The van der Waals surface area contributed by atoms with Crippen LogP contribution in [-0.2, 0) is 0 Å². The van der Waals surface area contributed by atoms with Crippen LogP contribution < -0.4 is 0 Å². The first-order chi connectivity index (χ1) is 10.3. The van der Waals surface area contributed by atoms with E-state index in [1.807, 2.05) is 0 Å². The van der Waals surface area contributed by atoms with Crippen LogP contribution in [0, 0.1) is 23.7 Å². The van der Waals surface area contributed by atoms with Crippen LogP contribution in [0.5, 0.6) is 5.75 Å². The Labute approximate surface area is 127 Å². The van der Waals surface area contributed by atoms with Crippen LogP contribution >= 0.6 is 0 Å². The summed E-state index contributed by atoms with van der Waals surface area (Å²) in [5, 5.41) is 11.0. The van der Waals surface area contributed by atoms with Gasteiger partial charge in [0.15, 0.2) is 0 Å². The number of phenolic OH excluding ortho intramolecular Hbond substituents is 1. The molecular weight excluding hydrogens is 256 g/mol. The van der Waals surface area contributed by atoms with E-state index in [0.29, 0.717) is 17.6 Å². The Kier molecular flexibility index (Phi) is 2.69. The second kappa shape index (κ2) is 4.51. The molecule has 1 aromatic carbocycles. The molecule has 0 saturated heterocycles. The first-order valence-corrected chi connectivity index (χ1v) is 9.11. The summed E-state index contributed by atoms with van der Waals surface area (Å²) in [7, 11) is 0. The topological polar surface area (TPSA) is 20.2 Å². The highest BCUT2D eigenvalue weighted by molar-refractivity contribution is 5.46. The number of hydrogen-bond donors (Lipinski definition) is 1. The number of aromatic hydroxyl groups is 1. The van der Waals surface area contributed by atoms with Gasteiger partial charge in [-0.15, -0.1) is 0 Å². The van der Waals surface area contributed by atoms with Crippen molar-refractivity contribution in [3.8, 4) is 5.75 Å². The summed E-state index contributed by atoms with van der Waals surface area (Å²) in [4.78, 5) is 0. The lowest BCUT2D eigenvalue weighted by Crippen LogP contribution is -2.12. The Balaban J connectivity index is 1.49. The van der Waals surface area contributed by atoms with Gasteiger partial charge in [0, 0.05) is 0 Å². The van der Waals surface area contributed by atoms with Crippen LogP contribution in [0.3, 0.4) is 0 Å². The maximum atomic E-state index is 11.0. The summed E-state index contributed by atoms with van der Waals surface area (Å²) in [5.74, 6) is 5.61. The van der Waals surface area contributed by atoms with E-state index in [1.54, 1.807) is 0 Å². The maximum Gasteiger partial charge on any atom is 0.122 e. The quantitative estimate of drug-likeness (QED) is 0.790. The fraction of sp³-hybridized carbons (Fsp3) is 0.700. The van der Waals surface area contributed by atoms with Crippen molar-refractivity contribution in [2.45, 2.75) is 63.2 Å². The number of benzene rings is 1. The highest BCUT2D eigenvalue weighted by Gasteiger charge is 2.44.